The number of hydrogen-bond donors (Lipinski definition) is 2. The highest BCUT2D eigenvalue weighted by Crippen LogP contribution is 2.12. The quantitative estimate of drug-likeness (QED) is 0.803. The van der Waals surface area contributed by atoms with Gasteiger partial charge < -0.3 is 11.1 Å². The zero-order valence-corrected chi connectivity index (χ0v) is 13.0. The van der Waals surface area contributed by atoms with Gasteiger partial charge in [-0.1, -0.05) is 32.0 Å². The normalized spacial score (nSPS) is 12.8. The Balaban J connectivity index is 2.37. The number of nitrogens with two attached hydrogens (primary N) is 1. The first-order valence-corrected chi connectivity index (χ1v) is 7.19. The Morgan fingerprint density at radius 1 is 1.35 bits per heavy atom. The SMILES string of the molecule is Cc1ccccc1NC(=O)CN(C)CCC(N)C(C)C. The molecule has 0 radical (unpaired) electrons. The van der Waals surface area contributed by atoms with Gasteiger partial charge in [0.2, 0.25) is 5.91 Å². The van der Waals surface area contributed by atoms with Crippen LogP contribution in [0.1, 0.15) is 25.8 Å². The van der Waals surface area contributed by atoms with E-state index in [4.69, 9.17) is 5.73 Å². The number of nitrogens with zero attached hydrogens (tertiary/aromatic N) is 1. The topological polar surface area (TPSA) is 58.4 Å². The fourth-order valence-corrected chi connectivity index (χ4v) is 1.93. The Bertz CT molecular complexity index is 431. The summed E-state index contributed by atoms with van der Waals surface area (Å²) in [6.45, 7) is 7.45. The molecule has 1 atom stereocenters. The number of benzene rings is 1. The summed E-state index contributed by atoms with van der Waals surface area (Å²) in [7, 11) is 1.95. The van der Waals surface area contributed by atoms with Crippen LogP contribution in [0.4, 0.5) is 5.69 Å². The number of anilines is 1. The molecule has 0 aromatic heterocycles. The molecule has 0 aliphatic rings. The monoisotopic (exact) mass is 277 g/mol. The van der Waals surface area contributed by atoms with Crippen LogP contribution in [0.3, 0.4) is 0 Å². The van der Waals surface area contributed by atoms with Crippen molar-refractivity contribution in [1.82, 2.24) is 4.90 Å². The molecule has 1 unspecified atom stereocenters. The van der Waals surface area contributed by atoms with E-state index in [1.54, 1.807) is 0 Å². The molecular weight excluding hydrogens is 250 g/mol. The number of hydrogen-bond acceptors (Lipinski definition) is 3. The van der Waals surface area contributed by atoms with E-state index in [0.29, 0.717) is 12.5 Å². The summed E-state index contributed by atoms with van der Waals surface area (Å²) in [4.78, 5) is 14.0. The van der Waals surface area contributed by atoms with Crippen LogP contribution in [0.2, 0.25) is 0 Å². The van der Waals surface area contributed by atoms with Gasteiger partial charge in [-0.2, -0.15) is 0 Å². The van der Waals surface area contributed by atoms with Crippen LogP contribution >= 0.6 is 0 Å². The van der Waals surface area contributed by atoms with E-state index in [1.807, 2.05) is 43.1 Å². The summed E-state index contributed by atoms with van der Waals surface area (Å²) in [5.41, 5.74) is 7.97. The largest absolute Gasteiger partial charge is 0.327 e. The summed E-state index contributed by atoms with van der Waals surface area (Å²) >= 11 is 0. The molecule has 0 spiro atoms. The summed E-state index contributed by atoms with van der Waals surface area (Å²) < 4.78 is 0. The van der Waals surface area contributed by atoms with Gasteiger partial charge in [0.25, 0.3) is 0 Å². The molecule has 0 bridgehead atoms. The molecule has 0 saturated carbocycles. The van der Waals surface area contributed by atoms with Gasteiger partial charge >= 0.3 is 0 Å². The second-order valence-electron chi connectivity index (χ2n) is 5.80. The predicted molar refractivity (Wildman–Crippen MR) is 84.7 cm³/mol. The van der Waals surface area contributed by atoms with Gasteiger partial charge in [-0.25, -0.2) is 0 Å². The van der Waals surface area contributed by atoms with Crippen LogP contribution in [0, 0.1) is 12.8 Å². The summed E-state index contributed by atoms with van der Waals surface area (Å²) in [5, 5.41) is 2.94. The molecule has 4 nitrogen and oxygen atoms in total. The molecule has 1 aromatic rings. The first kappa shape index (κ1) is 16.7. The molecule has 0 saturated heterocycles. The first-order chi connectivity index (χ1) is 9.40. The van der Waals surface area contributed by atoms with E-state index >= 15 is 0 Å². The second kappa shape index (κ2) is 8.02. The lowest BCUT2D eigenvalue weighted by atomic mass is 10.0. The number of nitrogens with one attached hydrogen (secondary N) is 1. The van der Waals surface area contributed by atoms with Gasteiger partial charge in [-0.05, 0) is 44.5 Å². The fraction of sp³-hybridized carbons (Fsp3) is 0.562. The van der Waals surface area contributed by atoms with Crippen molar-refractivity contribution in [2.75, 3.05) is 25.5 Å². The molecule has 1 amide bonds. The van der Waals surface area contributed by atoms with Crippen molar-refractivity contribution >= 4 is 11.6 Å². The standard InChI is InChI=1S/C16H27N3O/c1-12(2)14(17)9-10-19(4)11-16(20)18-15-8-6-5-7-13(15)3/h5-8,12,14H,9-11,17H2,1-4H3,(H,18,20). The summed E-state index contributed by atoms with van der Waals surface area (Å²) in [6.07, 6.45) is 0.909. The van der Waals surface area contributed by atoms with E-state index in [9.17, 15) is 4.79 Å². The van der Waals surface area contributed by atoms with Crippen LogP contribution in [0.25, 0.3) is 0 Å². The van der Waals surface area contributed by atoms with Crippen molar-refractivity contribution in [3.63, 3.8) is 0 Å². The number of rotatable bonds is 7. The van der Waals surface area contributed by atoms with Crippen LogP contribution in [-0.4, -0.2) is 37.0 Å². The smallest absolute Gasteiger partial charge is 0.238 e. The average molecular weight is 277 g/mol. The Hall–Kier alpha value is -1.39. The number of para-hydroxylation sites is 1. The van der Waals surface area contributed by atoms with Crippen LogP contribution < -0.4 is 11.1 Å². The van der Waals surface area contributed by atoms with Gasteiger partial charge in [-0.3, -0.25) is 9.69 Å². The average Bonchev–Trinajstić information content (AvgIpc) is 2.38. The highest BCUT2D eigenvalue weighted by molar-refractivity contribution is 5.92. The number of amides is 1. The van der Waals surface area contributed by atoms with Gasteiger partial charge in [0.15, 0.2) is 0 Å². The first-order valence-electron chi connectivity index (χ1n) is 7.19. The molecule has 4 heteroatoms. The fourth-order valence-electron chi connectivity index (χ4n) is 1.93. The van der Waals surface area contributed by atoms with E-state index in [1.165, 1.54) is 0 Å². The maximum atomic E-state index is 12.0. The Labute approximate surface area is 122 Å². The van der Waals surface area contributed by atoms with Crippen molar-refractivity contribution in [2.24, 2.45) is 11.7 Å². The molecule has 0 aliphatic carbocycles. The minimum absolute atomic E-state index is 0.0138. The summed E-state index contributed by atoms with van der Waals surface area (Å²) in [5.74, 6) is 0.490. The molecule has 0 aliphatic heterocycles. The minimum atomic E-state index is 0.0138. The lowest BCUT2D eigenvalue weighted by Crippen LogP contribution is -2.35. The Kier molecular flexibility index (Phi) is 6.68. The van der Waals surface area contributed by atoms with Gasteiger partial charge in [0.05, 0.1) is 6.54 Å². The van der Waals surface area contributed by atoms with Crippen molar-refractivity contribution in [3.05, 3.63) is 29.8 Å². The van der Waals surface area contributed by atoms with Gasteiger partial charge in [0.1, 0.15) is 0 Å². The molecule has 0 fully saturated rings. The van der Waals surface area contributed by atoms with E-state index in [0.717, 1.165) is 24.2 Å². The highest BCUT2D eigenvalue weighted by atomic mass is 16.2. The molecule has 1 aromatic carbocycles. The molecule has 20 heavy (non-hydrogen) atoms. The third-order valence-electron chi connectivity index (χ3n) is 3.53. The maximum Gasteiger partial charge on any atom is 0.238 e. The van der Waals surface area contributed by atoms with Crippen molar-refractivity contribution in [1.29, 1.82) is 0 Å². The summed E-state index contributed by atoms with van der Waals surface area (Å²) in [6, 6.07) is 7.98. The Morgan fingerprint density at radius 2 is 2.00 bits per heavy atom. The molecule has 112 valence electrons. The molecular formula is C16H27N3O. The third kappa shape index (κ3) is 5.72. The minimum Gasteiger partial charge on any atom is -0.327 e. The second-order valence-corrected chi connectivity index (χ2v) is 5.80. The van der Waals surface area contributed by atoms with E-state index < -0.39 is 0 Å². The van der Waals surface area contributed by atoms with Crippen molar-refractivity contribution in [2.45, 2.75) is 33.2 Å². The van der Waals surface area contributed by atoms with E-state index in [2.05, 4.69) is 19.2 Å². The maximum absolute atomic E-state index is 12.0. The highest BCUT2D eigenvalue weighted by Gasteiger charge is 2.11. The molecule has 0 heterocycles. The van der Waals surface area contributed by atoms with E-state index in [-0.39, 0.29) is 11.9 Å². The zero-order valence-electron chi connectivity index (χ0n) is 13.0. The third-order valence-corrected chi connectivity index (χ3v) is 3.53. The van der Waals surface area contributed by atoms with Crippen LogP contribution in [0.15, 0.2) is 24.3 Å². The molecule has 1 rings (SSSR count). The van der Waals surface area contributed by atoms with Crippen molar-refractivity contribution < 1.29 is 4.79 Å². The van der Waals surface area contributed by atoms with Crippen LogP contribution in [0.5, 0.6) is 0 Å². The number of carbonyl (C=O) groups is 1. The number of likely N-dealkylation sites (N-methyl/N-ethyl adjacent to an activating group) is 1. The molecule has 3 N–H and O–H groups in total. The predicted octanol–water partition coefficient (Wildman–Crippen LogP) is 2.24. The van der Waals surface area contributed by atoms with Crippen molar-refractivity contribution in [3.8, 4) is 0 Å². The number of aryl methyl sites for hydroxylation is 1. The zero-order chi connectivity index (χ0) is 15.1. The number of carbonyl (C=O) groups excluding carboxylic acids is 1. The lowest BCUT2D eigenvalue weighted by molar-refractivity contribution is -0.117. The Morgan fingerprint density at radius 3 is 2.60 bits per heavy atom. The van der Waals surface area contributed by atoms with Gasteiger partial charge in [-0.15, -0.1) is 0 Å². The van der Waals surface area contributed by atoms with Gasteiger partial charge in [0, 0.05) is 11.7 Å². The lowest BCUT2D eigenvalue weighted by Gasteiger charge is -2.21. The van der Waals surface area contributed by atoms with Crippen LogP contribution in [-0.2, 0) is 4.79 Å².